The molecule has 1 heterocycles. The molecule has 0 unspecified atom stereocenters. The normalized spacial score (nSPS) is 17.9. The molecule has 0 aromatic heterocycles. The van der Waals surface area contributed by atoms with E-state index in [2.05, 4.69) is 67.2 Å². The van der Waals surface area contributed by atoms with Crippen molar-refractivity contribution in [1.29, 1.82) is 0 Å². The van der Waals surface area contributed by atoms with E-state index in [4.69, 9.17) is 0 Å². The van der Waals surface area contributed by atoms with Gasteiger partial charge in [-0.05, 0) is 26.0 Å². The van der Waals surface area contributed by atoms with Gasteiger partial charge >= 0.3 is 0 Å². The molecule has 1 aromatic rings. The number of hydrogen-bond donors (Lipinski definition) is 1. The molecule has 0 saturated heterocycles. The van der Waals surface area contributed by atoms with Crippen molar-refractivity contribution in [3.8, 4) is 0 Å². The Labute approximate surface area is 110 Å². The Kier molecular flexibility index (Phi) is 3.60. The van der Waals surface area contributed by atoms with E-state index in [9.17, 15) is 0 Å². The Morgan fingerprint density at radius 1 is 1.28 bits per heavy atom. The average Bonchev–Trinajstić information content (AvgIpc) is 2.34. The van der Waals surface area contributed by atoms with Crippen molar-refractivity contribution in [2.45, 2.75) is 27.7 Å². The lowest BCUT2D eigenvalue weighted by Crippen LogP contribution is -2.49. The molecule has 1 aliphatic heterocycles. The Bertz CT molecular complexity index is 432. The number of nitrogens with zero attached hydrogens (tertiary/aromatic N) is 2. The maximum atomic E-state index is 4.68. The van der Waals surface area contributed by atoms with Gasteiger partial charge < -0.3 is 10.2 Å². The van der Waals surface area contributed by atoms with Gasteiger partial charge in [0.2, 0.25) is 0 Å². The first-order chi connectivity index (χ1) is 8.52. The number of rotatable bonds is 2. The van der Waals surface area contributed by atoms with Gasteiger partial charge in [0.15, 0.2) is 5.96 Å². The molecule has 0 amide bonds. The molecule has 0 fully saturated rings. The lowest BCUT2D eigenvalue weighted by Gasteiger charge is -2.34. The summed E-state index contributed by atoms with van der Waals surface area (Å²) in [4.78, 5) is 6.91. The van der Waals surface area contributed by atoms with Crippen molar-refractivity contribution in [1.82, 2.24) is 5.32 Å². The highest BCUT2D eigenvalue weighted by molar-refractivity contribution is 5.96. The topological polar surface area (TPSA) is 27.6 Å². The number of benzene rings is 1. The summed E-state index contributed by atoms with van der Waals surface area (Å²) < 4.78 is 0. The summed E-state index contributed by atoms with van der Waals surface area (Å²) in [7, 11) is 0. The summed E-state index contributed by atoms with van der Waals surface area (Å²) in [6, 6.07) is 8.60. The summed E-state index contributed by atoms with van der Waals surface area (Å²) in [5.74, 6) is 1.00. The van der Waals surface area contributed by atoms with E-state index >= 15 is 0 Å². The molecule has 98 valence electrons. The van der Waals surface area contributed by atoms with Crippen LogP contribution >= 0.6 is 0 Å². The van der Waals surface area contributed by atoms with Crippen LogP contribution in [0, 0.1) is 12.3 Å². The molecule has 0 aliphatic carbocycles. The van der Waals surface area contributed by atoms with Crippen LogP contribution in [0.5, 0.6) is 0 Å². The number of aliphatic imine (C=N–C) groups is 1. The number of hydrogen-bond acceptors (Lipinski definition) is 3. The van der Waals surface area contributed by atoms with Crippen molar-refractivity contribution in [3.63, 3.8) is 0 Å². The van der Waals surface area contributed by atoms with Crippen LogP contribution in [0.2, 0.25) is 0 Å². The van der Waals surface area contributed by atoms with Gasteiger partial charge in [-0.15, -0.1) is 0 Å². The molecule has 18 heavy (non-hydrogen) atoms. The molecular formula is C15H23N3. The molecule has 3 heteroatoms. The van der Waals surface area contributed by atoms with Crippen LogP contribution in [-0.2, 0) is 0 Å². The fourth-order valence-electron chi connectivity index (χ4n) is 2.08. The van der Waals surface area contributed by atoms with Crippen molar-refractivity contribution >= 4 is 11.6 Å². The zero-order valence-electron chi connectivity index (χ0n) is 11.8. The zero-order chi connectivity index (χ0) is 13.2. The molecule has 0 radical (unpaired) electrons. The van der Waals surface area contributed by atoms with Gasteiger partial charge in [0.05, 0.1) is 0 Å². The Morgan fingerprint density at radius 3 is 2.44 bits per heavy atom. The third kappa shape index (κ3) is 2.84. The molecule has 0 atom stereocenters. The fraction of sp³-hybridized carbons (Fsp3) is 0.533. The third-order valence-corrected chi connectivity index (χ3v) is 3.30. The van der Waals surface area contributed by atoms with E-state index < -0.39 is 0 Å². The van der Waals surface area contributed by atoms with Crippen molar-refractivity contribution in [3.05, 3.63) is 29.8 Å². The molecule has 1 aliphatic rings. The van der Waals surface area contributed by atoms with E-state index in [-0.39, 0.29) is 5.41 Å². The summed E-state index contributed by atoms with van der Waals surface area (Å²) in [5.41, 5.74) is 2.75. The SMILES string of the molecule is CCN(C1=NCC(C)(C)CN1)c1ccc(C)cc1. The maximum absolute atomic E-state index is 4.68. The zero-order valence-corrected chi connectivity index (χ0v) is 11.8. The molecule has 1 N–H and O–H groups in total. The van der Waals surface area contributed by atoms with Gasteiger partial charge in [-0.25, -0.2) is 0 Å². The predicted octanol–water partition coefficient (Wildman–Crippen LogP) is 2.81. The van der Waals surface area contributed by atoms with Gasteiger partial charge in [0, 0.05) is 30.7 Å². The van der Waals surface area contributed by atoms with Crippen molar-refractivity contribution in [2.75, 3.05) is 24.5 Å². The van der Waals surface area contributed by atoms with Gasteiger partial charge in [0.1, 0.15) is 0 Å². The average molecular weight is 245 g/mol. The molecule has 1 aromatic carbocycles. The van der Waals surface area contributed by atoms with E-state index in [1.165, 1.54) is 11.3 Å². The monoisotopic (exact) mass is 245 g/mol. The third-order valence-electron chi connectivity index (χ3n) is 3.30. The summed E-state index contributed by atoms with van der Waals surface area (Å²) in [6.45, 7) is 11.5. The lowest BCUT2D eigenvalue weighted by atomic mass is 9.93. The van der Waals surface area contributed by atoms with Gasteiger partial charge in [-0.1, -0.05) is 31.5 Å². The molecule has 0 spiro atoms. The van der Waals surface area contributed by atoms with Crippen LogP contribution in [0.3, 0.4) is 0 Å². The van der Waals surface area contributed by atoms with Crippen LogP contribution < -0.4 is 10.2 Å². The Hall–Kier alpha value is -1.51. The highest BCUT2D eigenvalue weighted by atomic mass is 15.3. The minimum atomic E-state index is 0.260. The minimum absolute atomic E-state index is 0.260. The summed E-state index contributed by atoms with van der Waals surface area (Å²) in [6.07, 6.45) is 0. The molecular weight excluding hydrogens is 222 g/mol. The van der Waals surface area contributed by atoms with E-state index in [0.29, 0.717) is 0 Å². The first-order valence-electron chi connectivity index (χ1n) is 6.64. The fourth-order valence-corrected chi connectivity index (χ4v) is 2.08. The van der Waals surface area contributed by atoms with Gasteiger partial charge in [-0.2, -0.15) is 0 Å². The minimum Gasteiger partial charge on any atom is -0.355 e. The maximum Gasteiger partial charge on any atom is 0.198 e. The molecule has 2 rings (SSSR count). The Morgan fingerprint density at radius 2 is 1.94 bits per heavy atom. The molecule has 0 bridgehead atoms. The highest BCUT2D eigenvalue weighted by Crippen LogP contribution is 2.20. The van der Waals surface area contributed by atoms with Crippen molar-refractivity contribution < 1.29 is 0 Å². The largest absolute Gasteiger partial charge is 0.355 e. The van der Waals surface area contributed by atoms with Crippen LogP contribution in [-0.4, -0.2) is 25.6 Å². The van der Waals surface area contributed by atoms with Crippen LogP contribution in [0.25, 0.3) is 0 Å². The second-order valence-electron chi connectivity index (χ2n) is 5.74. The number of anilines is 1. The summed E-state index contributed by atoms with van der Waals surface area (Å²) in [5, 5.41) is 3.45. The molecule has 3 nitrogen and oxygen atoms in total. The van der Waals surface area contributed by atoms with Crippen molar-refractivity contribution in [2.24, 2.45) is 10.4 Å². The Balaban J connectivity index is 2.19. The van der Waals surface area contributed by atoms with E-state index in [1.807, 2.05) is 0 Å². The smallest absolute Gasteiger partial charge is 0.198 e. The van der Waals surface area contributed by atoms with Gasteiger partial charge in [-0.3, -0.25) is 4.99 Å². The van der Waals surface area contributed by atoms with Crippen LogP contribution in [0.1, 0.15) is 26.3 Å². The second kappa shape index (κ2) is 5.01. The van der Waals surface area contributed by atoms with E-state index in [1.54, 1.807) is 0 Å². The number of nitrogens with one attached hydrogen (secondary N) is 1. The lowest BCUT2D eigenvalue weighted by molar-refractivity contribution is 0.360. The molecule has 0 saturated carbocycles. The standard InChI is InChI=1S/C15H23N3/c1-5-18(13-8-6-12(2)7-9-13)14-16-10-15(3,4)11-17-14/h6-9H,5,10-11H2,1-4H3,(H,16,17). The first-order valence-corrected chi connectivity index (χ1v) is 6.64. The first kappa shape index (κ1) is 12.9. The van der Waals surface area contributed by atoms with Gasteiger partial charge in [0.25, 0.3) is 0 Å². The highest BCUT2D eigenvalue weighted by Gasteiger charge is 2.24. The van der Waals surface area contributed by atoms with Crippen LogP contribution in [0.4, 0.5) is 5.69 Å². The summed E-state index contributed by atoms with van der Waals surface area (Å²) >= 11 is 0. The number of aryl methyl sites for hydroxylation is 1. The quantitative estimate of drug-likeness (QED) is 0.867. The van der Waals surface area contributed by atoms with Crippen LogP contribution in [0.15, 0.2) is 29.3 Å². The predicted molar refractivity (Wildman–Crippen MR) is 78.3 cm³/mol. The number of guanidine groups is 1. The van der Waals surface area contributed by atoms with E-state index in [0.717, 1.165) is 25.6 Å². The second-order valence-corrected chi connectivity index (χ2v) is 5.74.